The molecule has 0 aliphatic carbocycles. The van der Waals surface area contributed by atoms with Gasteiger partial charge >= 0.3 is 5.97 Å². The first-order valence-electron chi connectivity index (χ1n) is 7.52. The van der Waals surface area contributed by atoms with Crippen LogP contribution in [0.3, 0.4) is 0 Å². The normalized spacial score (nSPS) is 34.7. The summed E-state index contributed by atoms with van der Waals surface area (Å²) < 4.78 is 11.1. The van der Waals surface area contributed by atoms with Crippen LogP contribution in [0.25, 0.3) is 0 Å². The second-order valence-electron chi connectivity index (χ2n) is 6.05. The second kappa shape index (κ2) is 8.03. The van der Waals surface area contributed by atoms with Crippen LogP contribution < -0.4 is 0 Å². The van der Waals surface area contributed by atoms with E-state index < -0.39 is 42.3 Å². The summed E-state index contributed by atoms with van der Waals surface area (Å²) in [6.45, 7) is 8.49. The highest BCUT2D eigenvalue weighted by Gasteiger charge is 2.44. The number of hydrogen-bond donors (Lipinski definition) is 4. The van der Waals surface area contributed by atoms with Gasteiger partial charge in [0.1, 0.15) is 18.3 Å². The van der Waals surface area contributed by atoms with Crippen LogP contribution in [0.1, 0.15) is 33.6 Å². The van der Waals surface area contributed by atoms with E-state index in [9.17, 15) is 20.1 Å². The minimum atomic E-state index is -1.39. The van der Waals surface area contributed by atoms with Crippen LogP contribution >= 0.6 is 0 Å². The van der Waals surface area contributed by atoms with Gasteiger partial charge in [0.15, 0.2) is 6.29 Å². The van der Waals surface area contributed by atoms with Crippen LogP contribution in [-0.2, 0) is 14.3 Å². The second-order valence-corrected chi connectivity index (χ2v) is 6.05. The van der Waals surface area contributed by atoms with Crippen molar-refractivity contribution in [2.45, 2.75) is 69.9 Å². The number of hydrogen-bond acceptors (Lipinski definition) is 6. The summed E-state index contributed by atoms with van der Waals surface area (Å²) in [5.41, 5.74) is -0.652. The van der Waals surface area contributed by atoms with Crippen LogP contribution in [0.2, 0.25) is 0 Å². The van der Waals surface area contributed by atoms with Crippen molar-refractivity contribution in [1.82, 2.24) is 0 Å². The molecule has 7 heteroatoms. The SMILES string of the molecule is C=CC(C)(CCC=C(C)C(=O)O)OC1OC(C)C(O)C(O)C1O. The zero-order valence-electron chi connectivity index (χ0n) is 13.7. The number of carbonyl (C=O) groups is 1. The lowest BCUT2D eigenvalue weighted by molar-refractivity contribution is -0.313. The van der Waals surface area contributed by atoms with E-state index >= 15 is 0 Å². The Morgan fingerprint density at radius 3 is 2.43 bits per heavy atom. The lowest BCUT2D eigenvalue weighted by atomic mass is 9.97. The van der Waals surface area contributed by atoms with Crippen LogP contribution in [0.15, 0.2) is 24.3 Å². The molecule has 0 aromatic carbocycles. The highest BCUT2D eigenvalue weighted by Crippen LogP contribution is 2.28. The minimum Gasteiger partial charge on any atom is -0.478 e. The predicted octanol–water partition coefficient (Wildman–Crippen LogP) is 0.586. The fourth-order valence-electron chi connectivity index (χ4n) is 2.25. The summed E-state index contributed by atoms with van der Waals surface area (Å²) in [4.78, 5) is 10.8. The molecule has 1 aliphatic rings. The van der Waals surface area contributed by atoms with Gasteiger partial charge in [0.05, 0.1) is 11.7 Å². The van der Waals surface area contributed by atoms with E-state index in [1.807, 2.05) is 0 Å². The van der Waals surface area contributed by atoms with Gasteiger partial charge in [0.25, 0.3) is 0 Å². The lowest BCUT2D eigenvalue weighted by Crippen LogP contribution is -2.58. The Bertz CT molecular complexity index is 461. The van der Waals surface area contributed by atoms with E-state index in [1.54, 1.807) is 19.9 Å². The maximum atomic E-state index is 10.8. The molecule has 0 radical (unpaired) electrons. The number of rotatable bonds is 7. The molecular weight excluding hydrogens is 304 g/mol. The largest absolute Gasteiger partial charge is 0.478 e. The molecule has 0 aromatic heterocycles. The van der Waals surface area contributed by atoms with E-state index in [1.165, 1.54) is 13.0 Å². The monoisotopic (exact) mass is 330 g/mol. The topological polar surface area (TPSA) is 116 Å². The third-order valence-corrected chi connectivity index (χ3v) is 4.05. The third kappa shape index (κ3) is 5.12. The van der Waals surface area contributed by atoms with Crippen molar-refractivity contribution in [1.29, 1.82) is 0 Å². The van der Waals surface area contributed by atoms with Crippen molar-refractivity contribution in [3.05, 3.63) is 24.3 Å². The molecule has 0 amide bonds. The Kier molecular flexibility index (Phi) is 6.91. The molecule has 0 aromatic rings. The maximum absolute atomic E-state index is 10.8. The van der Waals surface area contributed by atoms with Gasteiger partial charge in [-0.2, -0.15) is 0 Å². The molecule has 6 unspecified atom stereocenters. The average molecular weight is 330 g/mol. The molecule has 6 atom stereocenters. The van der Waals surface area contributed by atoms with Crippen molar-refractivity contribution in [2.75, 3.05) is 0 Å². The molecule has 23 heavy (non-hydrogen) atoms. The quantitative estimate of drug-likeness (QED) is 0.399. The number of allylic oxidation sites excluding steroid dienone is 1. The van der Waals surface area contributed by atoms with Crippen molar-refractivity contribution >= 4 is 5.97 Å². The smallest absolute Gasteiger partial charge is 0.330 e. The molecule has 1 aliphatic heterocycles. The van der Waals surface area contributed by atoms with E-state index in [-0.39, 0.29) is 5.57 Å². The summed E-state index contributed by atoms with van der Waals surface area (Å²) in [6, 6.07) is 0. The molecule has 0 saturated carbocycles. The minimum absolute atomic E-state index is 0.234. The number of carboxylic acids is 1. The Hall–Kier alpha value is -1.25. The Morgan fingerprint density at radius 2 is 1.91 bits per heavy atom. The number of aliphatic hydroxyl groups is 3. The molecule has 7 nitrogen and oxygen atoms in total. The Morgan fingerprint density at radius 1 is 1.30 bits per heavy atom. The summed E-state index contributed by atoms with van der Waals surface area (Å²) in [6.07, 6.45) is -1.80. The van der Waals surface area contributed by atoms with E-state index in [4.69, 9.17) is 14.6 Å². The number of ether oxygens (including phenoxy) is 2. The van der Waals surface area contributed by atoms with Gasteiger partial charge in [-0.15, -0.1) is 6.58 Å². The van der Waals surface area contributed by atoms with Crippen LogP contribution in [-0.4, -0.2) is 62.7 Å². The predicted molar refractivity (Wildman–Crippen MR) is 82.7 cm³/mol. The van der Waals surface area contributed by atoms with Crippen molar-refractivity contribution in [2.24, 2.45) is 0 Å². The highest BCUT2D eigenvalue weighted by atomic mass is 16.7. The Balaban J connectivity index is 2.72. The zero-order valence-corrected chi connectivity index (χ0v) is 13.7. The van der Waals surface area contributed by atoms with Crippen LogP contribution in [0.4, 0.5) is 0 Å². The maximum Gasteiger partial charge on any atom is 0.330 e. The molecule has 1 saturated heterocycles. The molecule has 1 fully saturated rings. The fraction of sp³-hybridized carbons (Fsp3) is 0.688. The first-order chi connectivity index (χ1) is 10.6. The van der Waals surface area contributed by atoms with E-state index in [0.29, 0.717) is 12.8 Å². The van der Waals surface area contributed by atoms with Crippen molar-refractivity contribution in [3.8, 4) is 0 Å². The Labute approximate surface area is 135 Å². The molecule has 0 bridgehead atoms. The number of carboxylic acid groups (broad SMARTS) is 1. The van der Waals surface area contributed by atoms with Gasteiger partial charge in [-0.3, -0.25) is 0 Å². The summed E-state index contributed by atoms with van der Waals surface area (Å²) in [7, 11) is 0. The summed E-state index contributed by atoms with van der Waals surface area (Å²) in [5.74, 6) is -0.983. The molecule has 0 spiro atoms. The first kappa shape index (κ1) is 19.8. The van der Waals surface area contributed by atoms with Gasteiger partial charge < -0.3 is 29.9 Å². The average Bonchev–Trinajstić information content (AvgIpc) is 2.50. The van der Waals surface area contributed by atoms with Crippen molar-refractivity contribution in [3.63, 3.8) is 0 Å². The highest BCUT2D eigenvalue weighted by molar-refractivity contribution is 5.85. The number of aliphatic carboxylic acids is 1. The van der Waals surface area contributed by atoms with Crippen LogP contribution in [0.5, 0.6) is 0 Å². The standard InChI is InChI=1S/C16H26O7/c1-5-16(4,8-6-7-9(2)14(20)21)23-15-13(19)12(18)11(17)10(3)22-15/h5,7,10-13,15,17-19H,1,6,8H2,2-4H3,(H,20,21). The summed E-state index contributed by atoms with van der Waals surface area (Å²) in [5, 5.41) is 38.3. The van der Waals surface area contributed by atoms with Gasteiger partial charge in [-0.1, -0.05) is 12.2 Å². The first-order valence-corrected chi connectivity index (χ1v) is 7.52. The van der Waals surface area contributed by atoms with Gasteiger partial charge in [0.2, 0.25) is 0 Å². The van der Waals surface area contributed by atoms with E-state index in [2.05, 4.69) is 6.58 Å². The number of aliphatic hydroxyl groups excluding tert-OH is 3. The van der Waals surface area contributed by atoms with Gasteiger partial charge in [-0.25, -0.2) is 4.79 Å². The summed E-state index contributed by atoms with van der Waals surface area (Å²) >= 11 is 0. The fourth-order valence-corrected chi connectivity index (χ4v) is 2.25. The molecule has 132 valence electrons. The molecule has 1 rings (SSSR count). The molecular formula is C16H26O7. The van der Waals surface area contributed by atoms with Gasteiger partial charge in [-0.05, 0) is 33.6 Å². The third-order valence-electron chi connectivity index (χ3n) is 4.05. The molecule has 1 heterocycles. The van der Waals surface area contributed by atoms with Crippen LogP contribution in [0, 0.1) is 0 Å². The van der Waals surface area contributed by atoms with Crippen molar-refractivity contribution < 1.29 is 34.7 Å². The molecule has 4 N–H and O–H groups in total. The zero-order chi connectivity index (χ0) is 17.8. The van der Waals surface area contributed by atoms with E-state index in [0.717, 1.165) is 0 Å². The lowest BCUT2D eigenvalue weighted by Gasteiger charge is -2.42. The van der Waals surface area contributed by atoms with Gasteiger partial charge in [0, 0.05) is 5.57 Å².